The summed E-state index contributed by atoms with van der Waals surface area (Å²) in [4.78, 5) is 12.0. The number of carbonyl (C=O) groups is 1. The summed E-state index contributed by atoms with van der Waals surface area (Å²) in [5.74, 6) is 1.36. The van der Waals surface area contributed by atoms with Crippen LogP contribution in [0.2, 0.25) is 0 Å². The van der Waals surface area contributed by atoms with Crippen LogP contribution in [0.1, 0.15) is 23.5 Å². The summed E-state index contributed by atoms with van der Waals surface area (Å²) < 4.78 is 10.8. The van der Waals surface area contributed by atoms with E-state index >= 15 is 0 Å². The third-order valence-corrected chi connectivity index (χ3v) is 3.90. The number of fused-ring (bicyclic) bond motifs is 2. The maximum absolute atomic E-state index is 12.0. The minimum atomic E-state index is -0.0215. The van der Waals surface area contributed by atoms with Gasteiger partial charge in [-0.1, -0.05) is 29.7 Å². The lowest BCUT2D eigenvalue weighted by atomic mass is 9.82. The minimum Gasteiger partial charge on any atom is -0.454 e. The van der Waals surface area contributed by atoms with Gasteiger partial charge < -0.3 is 14.8 Å². The highest BCUT2D eigenvalue weighted by atomic mass is 16.7. The Morgan fingerprint density at radius 3 is 2.76 bits per heavy atom. The van der Waals surface area contributed by atoms with Crippen molar-refractivity contribution in [1.29, 1.82) is 0 Å². The van der Waals surface area contributed by atoms with Gasteiger partial charge in [0.05, 0.1) is 0 Å². The molecule has 2 aliphatic heterocycles. The van der Waals surface area contributed by atoms with E-state index in [1.54, 1.807) is 0 Å². The van der Waals surface area contributed by atoms with Gasteiger partial charge in [-0.05, 0) is 17.2 Å². The van der Waals surface area contributed by atoms with Crippen LogP contribution in [0.25, 0.3) is 0 Å². The fourth-order valence-electron chi connectivity index (χ4n) is 2.92. The Morgan fingerprint density at radius 1 is 1.14 bits per heavy atom. The fourth-order valence-corrected chi connectivity index (χ4v) is 2.92. The van der Waals surface area contributed by atoms with Gasteiger partial charge in [0, 0.05) is 24.1 Å². The van der Waals surface area contributed by atoms with Crippen molar-refractivity contribution in [2.45, 2.75) is 12.3 Å². The third-order valence-electron chi connectivity index (χ3n) is 3.90. The number of carbonyl (C=O) groups excluding carboxylic acids is 1. The molecule has 2 aliphatic rings. The first-order valence-corrected chi connectivity index (χ1v) is 6.79. The van der Waals surface area contributed by atoms with Crippen molar-refractivity contribution in [2.24, 2.45) is 0 Å². The lowest BCUT2D eigenvalue weighted by Crippen LogP contribution is -2.24. The molecule has 21 heavy (non-hydrogen) atoms. The number of hydrogen-bond acceptors (Lipinski definition) is 3. The van der Waals surface area contributed by atoms with Crippen molar-refractivity contribution in [3.63, 3.8) is 0 Å². The molecule has 4 rings (SSSR count). The molecule has 4 nitrogen and oxygen atoms in total. The molecular weight excluding hydrogens is 265 g/mol. The van der Waals surface area contributed by atoms with E-state index in [-0.39, 0.29) is 18.6 Å². The van der Waals surface area contributed by atoms with E-state index < -0.39 is 0 Å². The fraction of sp³-hybridized carbons (Fsp3) is 0.188. The first kappa shape index (κ1) is 12.3. The zero-order chi connectivity index (χ0) is 14.4. The highest BCUT2D eigenvalue weighted by molar-refractivity contribution is 6.32. The molecule has 0 aromatic heterocycles. The summed E-state index contributed by atoms with van der Waals surface area (Å²) in [7, 11) is 5.86. The van der Waals surface area contributed by atoms with Crippen LogP contribution in [0, 0.1) is 0 Å². The zero-order valence-corrected chi connectivity index (χ0v) is 11.3. The second kappa shape index (κ2) is 4.55. The van der Waals surface area contributed by atoms with Crippen molar-refractivity contribution in [1.82, 2.24) is 0 Å². The molecule has 1 atom stereocenters. The van der Waals surface area contributed by atoms with Crippen LogP contribution in [0.4, 0.5) is 5.69 Å². The molecule has 5 heteroatoms. The number of ether oxygens (including phenoxy) is 2. The smallest absolute Gasteiger partial charge is 0.231 e. The number of hydrogen-bond donors (Lipinski definition) is 1. The van der Waals surface area contributed by atoms with Gasteiger partial charge >= 0.3 is 0 Å². The Bertz CT molecular complexity index is 744. The summed E-state index contributed by atoms with van der Waals surface area (Å²) in [6, 6.07) is 11.4. The molecule has 1 unspecified atom stereocenters. The third kappa shape index (κ3) is 2.05. The molecule has 0 fully saturated rings. The second-order valence-electron chi connectivity index (χ2n) is 5.27. The van der Waals surface area contributed by atoms with E-state index in [0.29, 0.717) is 17.6 Å². The van der Waals surface area contributed by atoms with E-state index in [1.165, 1.54) is 0 Å². The van der Waals surface area contributed by atoms with Crippen molar-refractivity contribution in [2.75, 3.05) is 12.1 Å². The van der Waals surface area contributed by atoms with Gasteiger partial charge in [0.15, 0.2) is 11.5 Å². The zero-order valence-electron chi connectivity index (χ0n) is 11.3. The van der Waals surface area contributed by atoms with Crippen molar-refractivity contribution in [3.05, 3.63) is 47.5 Å². The molecule has 2 aromatic carbocycles. The molecule has 1 N–H and O–H groups in total. The summed E-state index contributed by atoms with van der Waals surface area (Å²) >= 11 is 0. The van der Waals surface area contributed by atoms with Crippen LogP contribution in [0.15, 0.2) is 36.4 Å². The van der Waals surface area contributed by atoms with Gasteiger partial charge in [0.1, 0.15) is 7.85 Å². The van der Waals surface area contributed by atoms with Crippen LogP contribution in [0.3, 0.4) is 0 Å². The molecule has 2 radical (unpaired) electrons. The van der Waals surface area contributed by atoms with Crippen LogP contribution < -0.4 is 20.3 Å². The number of benzene rings is 2. The molecule has 2 heterocycles. The summed E-state index contributed by atoms with van der Waals surface area (Å²) in [6.07, 6.45) is 0.399. The van der Waals surface area contributed by atoms with E-state index in [4.69, 9.17) is 17.3 Å². The molecule has 0 aliphatic carbocycles. The van der Waals surface area contributed by atoms with E-state index in [1.807, 2.05) is 36.4 Å². The van der Waals surface area contributed by atoms with Crippen molar-refractivity contribution < 1.29 is 14.3 Å². The monoisotopic (exact) mass is 277 g/mol. The predicted octanol–water partition coefficient (Wildman–Crippen LogP) is 1.68. The van der Waals surface area contributed by atoms with Crippen LogP contribution in [-0.2, 0) is 4.79 Å². The van der Waals surface area contributed by atoms with E-state index in [2.05, 4.69) is 5.32 Å². The first-order chi connectivity index (χ1) is 10.2. The van der Waals surface area contributed by atoms with E-state index in [0.717, 1.165) is 22.6 Å². The van der Waals surface area contributed by atoms with Crippen molar-refractivity contribution in [3.8, 4) is 11.5 Å². The van der Waals surface area contributed by atoms with Crippen LogP contribution >= 0.6 is 0 Å². The highest BCUT2D eigenvalue weighted by Crippen LogP contribution is 2.44. The Hall–Kier alpha value is -2.43. The molecule has 0 spiro atoms. The van der Waals surface area contributed by atoms with Gasteiger partial charge in [0.25, 0.3) is 0 Å². The minimum absolute atomic E-state index is 0.00575. The maximum Gasteiger partial charge on any atom is 0.231 e. The van der Waals surface area contributed by atoms with Crippen LogP contribution in [0.5, 0.6) is 11.5 Å². The quantitative estimate of drug-likeness (QED) is 0.807. The number of nitrogens with one attached hydrogen (secondary N) is 1. The molecule has 0 saturated carbocycles. The predicted molar refractivity (Wildman–Crippen MR) is 79.5 cm³/mol. The van der Waals surface area contributed by atoms with Crippen molar-refractivity contribution >= 4 is 24.9 Å². The van der Waals surface area contributed by atoms with E-state index in [9.17, 15) is 4.79 Å². The number of amides is 1. The SMILES string of the molecule is [B]c1cccc(C2CC(=O)Nc3cc4c(cc32)OCO4)c1. The Morgan fingerprint density at radius 2 is 1.95 bits per heavy atom. The summed E-state index contributed by atoms with van der Waals surface area (Å²) in [5, 5.41) is 2.90. The number of anilines is 1. The number of rotatable bonds is 1. The Kier molecular flexibility index (Phi) is 2.67. The Balaban J connectivity index is 1.85. The van der Waals surface area contributed by atoms with Gasteiger partial charge in [-0.25, -0.2) is 0 Å². The van der Waals surface area contributed by atoms with Gasteiger partial charge in [0.2, 0.25) is 12.7 Å². The molecule has 1 amide bonds. The average molecular weight is 277 g/mol. The largest absolute Gasteiger partial charge is 0.454 e. The summed E-state index contributed by atoms with van der Waals surface area (Å²) in [6.45, 7) is 0.217. The lowest BCUT2D eigenvalue weighted by Gasteiger charge is -2.26. The molecular formula is C16H12BNO3. The van der Waals surface area contributed by atoms with Gasteiger partial charge in [-0.3, -0.25) is 4.79 Å². The standard InChI is InChI=1S/C16H12BNO3/c17-10-3-1-2-9(4-10)11-6-16(19)18-13-7-15-14(5-12(11)13)20-8-21-15/h1-5,7,11H,6,8H2,(H,18,19). The lowest BCUT2D eigenvalue weighted by molar-refractivity contribution is -0.116. The normalized spacial score (nSPS) is 19.0. The second-order valence-corrected chi connectivity index (χ2v) is 5.27. The highest BCUT2D eigenvalue weighted by Gasteiger charge is 2.29. The van der Waals surface area contributed by atoms with Gasteiger partial charge in [-0.15, -0.1) is 0 Å². The average Bonchev–Trinajstić information content (AvgIpc) is 2.91. The van der Waals surface area contributed by atoms with Crippen LogP contribution in [-0.4, -0.2) is 20.5 Å². The molecule has 0 saturated heterocycles. The summed E-state index contributed by atoms with van der Waals surface area (Å²) in [5.41, 5.74) is 3.54. The maximum atomic E-state index is 12.0. The molecule has 102 valence electrons. The molecule has 0 bridgehead atoms. The van der Waals surface area contributed by atoms with Gasteiger partial charge in [-0.2, -0.15) is 0 Å². The Labute approximate surface area is 123 Å². The molecule has 2 aromatic rings. The topological polar surface area (TPSA) is 47.6 Å². The first-order valence-electron chi connectivity index (χ1n) is 6.79.